The molecule has 0 aliphatic carbocycles. The highest BCUT2D eigenvalue weighted by molar-refractivity contribution is 7.15. The number of aliphatic hydroxyl groups is 1. The van der Waals surface area contributed by atoms with Crippen LogP contribution in [0.2, 0.25) is 0 Å². The molecule has 2 atom stereocenters. The Morgan fingerprint density at radius 3 is 2.81 bits per heavy atom. The molecule has 4 rings (SSSR count). The number of benzene rings is 1. The largest absolute Gasteiger partial charge is 0.381 e. The number of rotatable bonds is 7. The van der Waals surface area contributed by atoms with E-state index in [0.29, 0.717) is 19.5 Å². The summed E-state index contributed by atoms with van der Waals surface area (Å²) in [6.45, 7) is 2.63. The van der Waals surface area contributed by atoms with Gasteiger partial charge < -0.3 is 5.11 Å². The predicted octanol–water partition coefficient (Wildman–Crippen LogP) is 2.30. The summed E-state index contributed by atoms with van der Waals surface area (Å²) in [4.78, 5) is 15.9. The van der Waals surface area contributed by atoms with E-state index in [1.165, 1.54) is 23.7 Å². The van der Waals surface area contributed by atoms with Crippen LogP contribution in [0.5, 0.6) is 0 Å². The second kappa shape index (κ2) is 8.94. The molecule has 0 unspecified atom stereocenters. The Labute approximate surface area is 187 Å². The van der Waals surface area contributed by atoms with Crippen molar-refractivity contribution in [2.75, 3.05) is 13.1 Å². The highest BCUT2D eigenvalue weighted by Crippen LogP contribution is 2.36. The number of nitrogens with two attached hydrogens (primary N) is 1. The van der Waals surface area contributed by atoms with Gasteiger partial charge in [-0.3, -0.25) is 15.3 Å². The number of hydrogen-bond acceptors (Lipinski definition) is 8. The quantitative estimate of drug-likeness (QED) is 0.215. The molecule has 0 saturated carbocycles. The Morgan fingerprint density at radius 2 is 2.12 bits per heavy atom. The maximum atomic E-state index is 14.7. The Balaban J connectivity index is 1.64. The lowest BCUT2D eigenvalue weighted by Crippen LogP contribution is -2.56. The number of thiazole rings is 1. The molecule has 0 radical (unpaired) electrons. The van der Waals surface area contributed by atoms with Crippen molar-refractivity contribution in [2.24, 2.45) is 5.84 Å². The maximum absolute atomic E-state index is 14.7. The third-order valence-electron chi connectivity index (χ3n) is 5.79. The van der Waals surface area contributed by atoms with Gasteiger partial charge >= 0.3 is 0 Å². The molecule has 4 N–H and O–H groups in total. The van der Waals surface area contributed by atoms with Crippen LogP contribution in [0.25, 0.3) is 10.6 Å². The van der Waals surface area contributed by atoms with E-state index in [9.17, 15) is 13.9 Å². The summed E-state index contributed by atoms with van der Waals surface area (Å²) in [5.74, 6) is 4.19. The van der Waals surface area contributed by atoms with Gasteiger partial charge in [0.25, 0.3) is 0 Å². The molecule has 1 aromatic carbocycles. The monoisotopic (exact) mass is 459 g/mol. The van der Waals surface area contributed by atoms with Crippen molar-refractivity contribution in [1.29, 1.82) is 5.41 Å². The van der Waals surface area contributed by atoms with Crippen LogP contribution in [0, 0.1) is 17.0 Å². The molecule has 32 heavy (non-hydrogen) atoms. The molecule has 0 bridgehead atoms. The lowest BCUT2D eigenvalue weighted by molar-refractivity contribution is -0.0645. The fourth-order valence-corrected chi connectivity index (χ4v) is 5.10. The number of fused-ring (bicyclic) bond motifs is 1. The molecule has 1 aliphatic rings. The van der Waals surface area contributed by atoms with E-state index in [-0.39, 0.29) is 12.1 Å². The maximum Gasteiger partial charge on any atom is 0.132 e. The minimum Gasteiger partial charge on any atom is -0.381 e. The Hall–Kier alpha value is -2.86. The summed E-state index contributed by atoms with van der Waals surface area (Å²) >= 11 is 1.53. The first-order valence-electron chi connectivity index (χ1n) is 9.99. The van der Waals surface area contributed by atoms with Gasteiger partial charge in [-0.1, -0.05) is 6.07 Å². The van der Waals surface area contributed by atoms with E-state index in [1.54, 1.807) is 19.3 Å². The topological polar surface area (TPSA) is 115 Å². The Morgan fingerprint density at radius 1 is 1.38 bits per heavy atom. The summed E-state index contributed by atoms with van der Waals surface area (Å²) in [6, 6.07) is 2.48. The first-order chi connectivity index (χ1) is 15.3. The van der Waals surface area contributed by atoms with Gasteiger partial charge in [0.15, 0.2) is 0 Å². The van der Waals surface area contributed by atoms with E-state index < -0.39 is 23.3 Å². The van der Waals surface area contributed by atoms with Crippen LogP contribution < -0.4 is 5.84 Å². The zero-order valence-corrected chi connectivity index (χ0v) is 18.2. The van der Waals surface area contributed by atoms with Crippen molar-refractivity contribution in [1.82, 2.24) is 24.9 Å². The predicted molar refractivity (Wildman–Crippen MR) is 117 cm³/mol. The van der Waals surface area contributed by atoms with Crippen LogP contribution in [0.15, 0.2) is 36.9 Å². The van der Waals surface area contributed by atoms with E-state index in [1.807, 2.05) is 4.90 Å². The normalized spacial score (nSPS) is 16.8. The summed E-state index contributed by atoms with van der Waals surface area (Å²) in [5, 5.41) is 20.8. The smallest absolute Gasteiger partial charge is 0.132 e. The zero-order valence-electron chi connectivity index (χ0n) is 17.4. The average Bonchev–Trinajstić information content (AvgIpc) is 3.22. The third-order valence-corrected chi connectivity index (χ3v) is 6.93. The van der Waals surface area contributed by atoms with Crippen molar-refractivity contribution in [3.8, 4) is 10.6 Å². The number of halogens is 2. The van der Waals surface area contributed by atoms with E-state index >= 15 is 0 Å². The molecule has 3 aromatic rings. The van der Waals surface area contributed by atoms with Crippen LogP contribution in [-0.4, -0.2) is 55.4 Å². The van der Waals surface area contributed by atoms with Crippen molar-refractivity contribution in [2.45, 2.75) is 31.5 Å². The molecule has 8 nitrogen and oxygen atoms in total. The molecule has 3 heterocycles. The second-order valence-corrected chi connectivity index (χ2v) is 8.85. The Kier molecular flexibility index (Phi) is 6.24. The van der Waals surface area contributed by atoms with Gasteiger partial charge in [-0.25, -0.2) is 29.6 Å². The van der Waals surface area contributed by atoms with Gasteiger partial charge in [0, 0.05) is 60.0 Å². The lowest BCUT2D eigenvalue weighted by Gasteiger charge is -2.43. The number of aromatic nitrogens is 3. The molecule has 11 heteroatoms. The molecule has 0 spiro atoms. The van der Waals surface area contributed by atoms with Gasteiger partial charge in [-0.05, 0) is 13.0 Å². The van der Waals surface area contributed by atoms with E-state index in [2.05, 4.69) is 9.97 Å². The molecule has 0 amide bonds. The van der Waals surface area contributed by atoms with Crippen LogP contribution in [0.1, 0.15) is 23.1 Å². The molecular formula is C21H23F2N7OS. The fourth-order valence-electron chi connectivity index (χ4n) is 3.99. The first-order valence-corrected chi connectivity index (χ1v) is 10.8. The van der Waals surface area contributed by atoms with E-state index in [4.69, 9.17) is 16.2 Å². The van der Waals surface area contributed by atoms with Crippen molar-refractivity contribution in [3.63, 3.8) is 0 Å². The van der Waals surface area contributed by atoms with Crippen molar-refractivity contribution in [3.05, 3.63) is 64.7 Å². The van der Waals surface area contributed by atoms with Crippen molar-refractivity contribution < 1.29 is 13.9 Å². The minimum absolute atomic E-state index is 0.0686. The van der Waals surface area contributed by atoms with Crippen LogP contribution >= 0.6 is 11.3 Å². The summed E-state index contributed by atoms with van der Waals surface area (Å²) in [6.07, 6.45) is 6.39. The number of nitrogens with zero attached hydrogens (tertiary/aromatic N) is 5. The summed E-state index contributed by atoms with van der Waals surface area (Å²) < 4.78 is 28.2. The highest BCUT2D eigenvalue weighted by atomic mass is 32.1. The van der Waals surface area contributed by atoms with Crippen LogP contribution in [0.4, 0.5) is 8.78 Å². The fraction of sp³-hybridized carbons (Fsp3) is 0.333. The van der Waals surface area contributed by atoms with Gasteiger partial charge in [-0.2, -0.15) is 0 Å². The highest BCUT2D eigenvalue weighted by Gasteiger charge is 2.43. The summed E-state index contributed by atoms with van der Waals surface area (Å²) in [5.41, 5.74) is -0.0432. The standard InChI is InChI=1S/C21H23F2N7OS/c1-13(21(31,10-30(25)11-24)16-3-2-15(22)6-17(16)23)29-5-4-18-19(9-29)32-20(28-18)14-7-26-12-27-8-14/h2-3,6-8,11-13,24,31H,4-5,9-10,25H2,1H3/t13-,21-/m1/s1. The molecule has 0 fully saturated rings. The average molecular weight is 460 g/mol. The first kappa shape index (κ1) is 22.3. The molecular weight excluding hydrogens is 436 g/mol. The van der Waals surface area contributed by atoms with Gasteiger partial charge in [0.2, 0.25) is 0 Å². The van der Waals surface area contributed by atoms with E-state index in [0.717, 1.165) is 44.6 Å². The number of nitrogens with one attached hydrogen (secondary N) is 1. The lowest BCUT2D eigenvalue weighted by atomic mass is 9.84. The molecule has 2 aromatic heterocycles. The Bertz CT molecular complexity index is 1110. The molecule has 0 saturated heterocycles. The number of hydrogen-bond donors (Lipinski definition) is 3. The van der Waals surface area contributed by atoms with Gasteiger partial charge in [0.1, 0.15) is 28.6 Å². The summed E-state index contributed by atoms with van der Waals surface area (Å²) in [7, 11) is 0. The van der Waals surface area contributed by atoms with Crippen LogP contribution in [-0.2, 0) is 18.6 Å². The van der Waals surface area contributed by atoms with Gasteiger partial charge in [0.05, 0.1) is 18.6 Å². The minimum atomic E-state index is -1.79. The van der Waals surface area contributed by atoms with Crippen molar-refractivity contribution >= 4 is 17.7 Å². The number of hydrazine groups is 1. The molecule has 168 valence electrons. The van der Waals surface area contributed by atoms with Crippen LogP contribution in [0.3, 0.4) is 0 Å². The SMILES string of the molecule is C[C@@H](N1CCc2nc(-c3cncnc3)sc2C1)[C@](O)(CN(N)C=N)c1ccc(F)cc1F. The third kappa shape index (κ3) is 4.24. The zero-order chi connectivity index (χ0) is 22.9. The molecule has 1 aliphatic heterocycles. The second-order valence-electron chi connectivity index (χ2n) is 7.76. The van der Waals surface area contributed by atoms with Gasteiger partial charge in [-0.15, -0.1) is 11.3 Å².